The topological polar surface area (TPSA) is 52.3 Å². The minimum atomic E-state index is -0.149. The summed E-state index contributed by atoms with van der Waals surface area (Å²) in [6.45, 7) is 14.6. The van der Waals surface area contributed by atoms with Gasteiger partial charge in [-0.05, 0) is 85.5 Å². The molecule has 0 aromatic carbocycles. The number of hydrogen-bond donors (Lipinski definition) is 1. The van der Waals surface area contributed by atoms with Crippen LogP contribution < -0.4 is 5.73 Å². The summed E-state index contributed by atoms with van der Waals surface area (Å²) < 4.78 is 5.52. The van der Waals surface area contributed by atoms with Crippen molar-refractivity contribution in [2.75, 3.05) is 13.2 Å². The summed E-state index contributed by atoms with van der Waals surface area (Å²) in [4.78, 5) is 11.5. The van der Waals surface area contributed by atoms with Crippen LogP contribution in [0.5, 0.6) is 0 Å². The van der Waals surface area contributed by atoms with Gasteiger partial charge in [-0.2, -0.15) is 0 Å². The van der Waals surface area contributed by atoms with E-state index in [4.69, 9.17) is 10.5 Å². The minimum absolute atomic E-state index is 0.149. The number of hydrogen-bond acceptors (Lipinski definition) is 3. The molecule has 2 N–H and O–H groups in total. The van der Waals surface area contributed by atoms with E-state index in [1.807, 2.05) is 0 Å². The van der Waals surface area contributed by atoms with E-state index in [9.17, 15) is 4.79 Å². The number of nitrogens with two attached hydrogens (primary N) is 1. The third kappa shape index (κ3) is 3.25. The molecule has 2 unspecified atom stereocenters. The lowest BCUT2D eigenvalue weighted by atomic mass is 9.49. The van der Waals surface area contributed by atoms with Crippen molar-refractivity contribution in [3.05, 3.63) is 12.2 Å². The highest BCUT2D eigenvalue weighted by atomic mass is 16.5. The Labute approximate surface area is 160 Å². The van der Waals surface area contributed by atoms with Crippen LogP contribution in [0.1, 0.15) is 72.6 Å². The highest BCUT2D eigenvalue weighted by Gasteiger charge is 2.56. The largest absolute Gasteiger partial charge is 0.466 e. The van der Waals surface area contributed by atoms with Gasteiger partial charge >= 0.3 is 5.97 Å². The maximum Gasteiger partial charge on any atom is 0.302 e. The van der Waals surface area contributed by atoms with Crippen molar-refractivity contribution in [3.8, 4) is 0 Å². The molecule has 0 aromatic rings. The van der Waals surface area contributed by atoms with E-state index < -0.39 is 0 Å². The Morgan fingerprint density at radius 3 is 2.62 bits per heavy atom. The van der Waals surface area contributed by atoms with Gasteiger partial charge in [-0.25, -0.2) is 0 Å². The van der Waals surface area contributed by atoms with Crippen molar-refractivity contribution in [3.63, 3.8) is 0 Å². The van der Waals surface area contributed by atoms with Crippen molar-refractivity contribution in [1.82, 2.24) is 0 Å². The molecule has 3 aliphatic rings. The number of carbonyl (C=O) groups excluding carboxylic acids is 1. The van der Waals surface area contributed by atoms with Crippen LogP contribution >= 0.6 is 0 Å². The SMILES string of the molecule is C=C1CCC2[C@H](CN)C([C@@]3(C)CC[C@H](C)C[C@@H]3COC(C)=O)CC[C@]12C. The molecule has 0 heterocycles. The molecule has 3 nitrogen and oxygen atoms in total. The molecule has 26 heavy (non-hydrogen) atoms. The Hall–Kier alpha value is -0.830. The molecule has 0 saturated heterocycles. The molecule has 0 radical (unpaired) electrons. The molecule has 148 valence electrons. The Kier molecular flexibility index (Phi) is 5.59. The van der Waals surface area contributed by atoms with Gasteiger partial charge in [0.1, 0.15) is 0 Å². The van der Waals surface area contributed by atoms with Gasteiger partial charge in [-0.3, -0.25) is 4.79 Å². The van der Waals surface area contributed by atoms with Crippen LogP contribution in [0.3, 0.4) is 0 Å². The van der Waals surface area contributed by atoms with E-state index in [0.717, 1.165) is 12.5 Å². The maximum atomic E-state index is 11.5. The summed E-state index contributed by atoms with van der Waals surface area (Å²) >= 11 is 0. The summed E-state index contributed by atoms with van der Waals surface area (Å²) in [5, 5.41) is 0. The number of rotatable bonds is 4. The Bertz CT molecular complexity index is 558. The molecule has 0 spiro atoms. The van der Waals surface area contributed by atoms with Gasteiger partial charge in [-0.15, -0.1) is 0 Å². The lowest BCUT2D eigenvalue weighted by Gasteiger charge is -2.56. The third-order valence-electron chi connectivity index (χ3n) is 8.79. The number of fused-ring (bicyclic) bond motifs is 1. The highest BCUT2D eigenvalue weighted by Crippen LogP contribution is 2.63. The molecule has 0 aliphatic heterocycles. The zero-order valence-corrected chi connectivity index (χ0v) is 17.4. The van der Waals surface area contributed by atoms with Crippen LogP contribution in [0.15, 0.2) is 12.2 Å². The molecule has 3 aliphatic carbocycles. The fraction of sp³-hybridized carbons (Fsp3) is 0.870. The molecule has 0 bridgehead atoms. The standard InChI is InChI=1S/C23H39NO2/c1-15-8-10-23(5,18(12-15)14-26-17(3)25)21-9-11-22(4)16(2)6-7-20(22)19(21)13-24/h15,18-21H,2,6-14,24H2,1,3-5H3/t15-,18+,19-,20?,21?,22+,23-/m0/s1. The first-order valence-electron chi connectivity index (χ1n) is 10.7. The number of esters is 1. The second-order valence-corrected chi connectivity index (χ2v) is 10.1. The van der Waals surface area contributed by atoms with Crippen molar-refractivity contribution in [2.45, 2.75) is 72.6 Å². The summed E-state index contributed by atoms with van der Waals surface area (Å²) in [7, 11) is 0. The van der Waals surface area contributed by atoms with Crippen LogP contribution in [0.25, 0.3) is 0 Å². The van der Waals surface area contributed by atoms with Crippen molar-refractivity contribution in [1.29, 1.82) is 0 Å². The van der Waals surface area contributed by atoms with Gasteiger partial charge in [-0.1, -0.05) is 39.3 Å². The predicted octanol–water partition coefficient (Wildman–Crippen LogP) is 4.95. The van der Waals surface area contributed by atoms with Crippen LogP contribution in [-0.4, -0.2) is 19.1 Å². The van der Waals surface area contributed by atoms with Crippen LogP contribution in [0.4, 0.5) is 0 Å². The quantitative estimate of drug-likeness (QED) is 0.569. The maximum absolute atomic E-state index is 11.5. The third-order valence-corrected chi connectivity index (χ3v) is 8.79. The first-order chi connectivity index (χ1) is 12.2. The highest BCUT2D eigenvalue weighted by molar-refractivity contribution is 5.65. The van der Waals surface area contributed by atoms with Gasteiger partial charge in [0.25, 0.3) is 0 Å². The molecule has 3 fully saturated rings. The van der Waals surface area contributed by atoms with Gasteiger partial charge in [0.15, 0.2) is 0 Å². The van der Waals surface area contributed by atoms with E-state index in [1.165, 1.54) is 57.4 Å². The molecule has 0 amide bonds. The average molecular weight is 362 g/mol. The minimum Gasteiger partial charge on any atom is -0.466 e. The van der Waals surface area contributed by atoms with E-state index >= 15 is 0 Å². The first-order valence-corrected chi connectivity index (χ1v) is 10.7. The zero-order chi connectivity index (χ0) is 19.1. The smallest absolute Gasteiger partial charge is 0.302 e. The normalized spacial score (nSPS) is 46.0. The van der Waals surface area contributed by atoms with Gasteiger partial charge < -0.3 is 10.5 Å². The molecule has 3 rings (SSSR count). The molecule has 3 heteroatoms. The van der Waals surface area contributed by atoms with E-state index in [-0.39, 0.29) is 11.4 Å². The van der Waals surface area contributed by atoms with Crippen LogP contribution in [-0.2, 0) is 9.53 Å². The lowest BCUT2D eigenvalue weighted by Crippen LogP contribution is -2.52. The van der Waals surface area contributed by atoms with Gasteiger partial charge in [0.05, 0.1) is 6.61 Å². The fourth-order valence-electron chi connectivity index (χ4n) is 6.94. The Morgan fingerprint density at radius 2 is 1.96 bits per heavy atom. The zero-order valence-electron chi connectivity index (χ0n) is 17.4. The van der Waals surface area contributed by atoms with Crippen molar-refractivity contribution in [2.24, 2.45) is 46.2 Å². The number of ether oxygens (including phenoxy) is 1. The van der Waals surface area contributed by atoms with Crippen LogP contribution in [0.2, 0.25) is 0 Å². The predicted molar refractivity (Wildman–Crippen MR) is 106 cm³/mol. The van der Waals surface area contributed by atoms with Crippen molar-refractivity contribution < 1.29 is 9.53 Å². The second kappa shape index (κ2) is 7.30. The van der Waals surface area contributed by atoms with Crippen molar-refractivity contribution >= 4 is 5.97 Å². The summed E-state index contributed by atoms with van der Waals surface area (Å²) in [6.07, 6.45) is 8.63. The fourth-order valence-corrected chi connectivity index (χ4v) is 6.94. The number of allylic oxidation sites excluding steroid dienone is 1. The number of carbonyl (C=O) groups is 1. The molecular formula is C23H39NO2. The lowest BCUT2D eigenvalue weighted by molar-refractivity contribution is -0.148. The van der Waals surface area contributed by atoms with Gasteiger partial charge in [0, 0.05) is 6.92 Å². The summed E-state index contributed by atoms with van der Waals surface area (Å²) in [6, 6.07) is 0. The van der Waals surface area contributed by atoms with Gasteiger partial charge in [0.2, 0.25) is 0 Å². The second-order valence-electron chi connectivity index (χ2n) is 10.1. The molecular weight excluding hydrogens is 322 g/mol. The van der Waals surface area contributed by atoms with E-state index in [0.29, 0.717) is 35.7 Å². The monoisotopic (exact) mass is 361 g/mol. The summed E-state index contributed by atoms with van der Waals surface area (Å²) in [5.74, 6) is 2.94. The Balaban J connectivity index is 1.86. The van der Waals surface area contributed by atoms with E-state index in [2.05, 4.69) is 27.4 Å². The first kappa shape index (κ1) is 19.9. The average Bonchev–Trinajstić information content (AvgIpc) is 2.90. The van der Waals surface area contributed by atoms with E-state index in [1.54, 1.807) is 0 Å². The molecule has 0 aromatic heterocycles. The molecule has 3 saturated carbocycles. The van der Waals surface area contributed by atoms with Crippen LogP contribution in [0, 0.1) is 40.4 Å². The molecule has 7 atom stereocenters. The Morgan fingerprint density at radius 1 is 1.23 bits per heavy atom. The summed E-state index contributed by atoms with van der Waals surface area (Å²) in [5.41, 5.74) is 8.39.